The van der Waals surface area contributed by atoms with Crippen LogP contribution in [0.1, 0.15) is 41.7 Å². The molecule has 0 aliphatic carbocycles. The van der Waals surface area contributed by atoms with Crippen molar-refractivity contribution in [2.45, 2.75) is 32.0 Å². The van der Waals surface area contributed by atoms with Crippen LogP contribution >= 0.6 is 0 Å². The number of hydrogen-bond acceptors (Lipinski definition) is 7. The maximum absolute atomic E-state index is 13.0. The molecule has 0 radical (unpaired) electrons. The van der Waals surface area contributed by atoms with Crippen molar-refractivity contribution in [3.05, 3.63) is 60.0 Å². The minimum Gasteiger partial charge on any atom is -0.383 e. The number of carbonyl (C=O) groups is 2. The highest BCUT2D eigenvalue weighted by Crippen LogP contribution is 2.34. The number of carbonyl (C=O) groups excluding carboxylic acids is 2. The number of rotatable bonds is 5. The molecule has 3 amide bonds. The number of nitrogen functional groups attached to an aromatic ring is 1. The summed E-state index contributed by atoms with van der Waals surface area (Å²) in [6, 6.07) is 7.71. The van der Waals surface area contributed by atoms with E-state index in [0.717, 1.165) is 31.2 Å². The van der Waals surface area contributed by atoms with Crippen molar-refractivity contribution in [2.24, 2.45) is 0 Å². The van der Waals surface area contributed by atoms with E-state index in [-0.39, 0.29) is 29.3 Å². The number of nitrogens with one attached hydrogen (secondary N) is 2. The van der Waals surface area contributed by atoms with Crippen LogP contribution in [0.25, 0.3) is 22.3 Å². The maximum Gasteiger partial charge on any atom is 0.416 e. The third-order valence-electron chi connectivity index (χ3n) is 6.63. The minimum absolute atomic E-state index is 0.132. The molecule has 1 atom stereocenters. The average molecular weight is 554 g/mol. The van der Waals surface area contributed by atoms with Gasteiger partial charge in [-0.15, -0.1) is 0 Å². The molecule has 1 fully saturated rings. The standard InChI is InChI=1S/C26H26F3N9O2/c1-2-31-25(40)37-11-3-4-18(13-37)38-23-20(22(30)33-14-34-23)21(36-38)15-5-7-16(8-6-15)24(39)35-19-12-17(9-10-32-19)26(27,28)29/h5-10,12,14,18H,2-4,11,13H2,1H3,(H,31,40)(H2,30,33,34)(H,32,35,39). The van der Waals surface area contributed by atoms with E-state index < -0.39 is 17.6 Å². The molecule has 0 saturated carbocycles. The number of urea groups is 1. The Balaban J connectivity index is 1.42. The highest BCUT2D eigenvalue weighted by Gasteiger charge is 2.31. The smallest absolute Gasteiger partial charge is 0.383 e. The number of benzene rings is 1. The molecular weight excluding hydrogens is 527 g/mol. The first-order valence-electron chi connectivity index (χ1n) is 12.6. The van der Waals surface area contributed by atoms with Crippen molar-refractivity contribution in [2.75, 3.05) is 30.7 Å². The number of hydrogen-bond donors (Lipinski definition) is 3. The lowest BCUT2D eigenvalue weighted by Crippen LogP contribution is -2.46. The predicted molar refractivity (Wildman–Crippen MR) is 141 cm³/mol. The minimum atomic E-state index is -4.56. The molecule has 0 spiro atoms. The molecule has 1 unspecified atom stereocenters. The van der Waals surface area contributed by atoms with Gasteiger partial charge in [0.15, 0.2) is 5.65 Å². The number of alkyl halides is 3. The van der Waals surface area contributed by atoms with E-state index in [4.69, 9.17) is 10.8 Å². The van der Waals surface area contributed by atoms with Gasteiger partial charge in [-0.25, -0.2) is 24.4 Å². The van der Waals surface area contributed by atoms with Crippen molar-refractivity contribution in [3.8, 4) is 11.3 Å². The number of piperidine rings is 1. The highest BCUT2D eigenvalue weighted by molar-refractivity contribution is 6.04. The molecule has 0 bridgehead atoms. The van der Waals surface area contributed by atoms with Crippen molar-refractivity contribution >= 4 is 34.6 Å². The molecule has 5 rings (SSSR count). The van der Waals surface area contributed by atoms with E-state index in [9.17, 15) is 22.8 Å². The summed E-state index contributed by atoms with van der Waals surface area (Å²) < 4.78 is 40.8. The summed E-state index contributed by atoms with van der Waals surface area (Å²) in [7, 11) is 0. The molecule has 11 nitrogen and oxygen atoms in total. The zero-order valence-corrected chi connectivity index (χ0v) is 21.4. The summed E-state index contributed by atoms with van der Waals surface area (Å²) in [6.07, 6.45) is -0.627. The van der Waals surface area contributed by atoms with Crippen LogP contribution in [0.3, 0.4) is 0 Å². The summed E-state index contributed by atoms with van der Waals surface area (Å²) in [5.41, 5.74) is 7.20. The number of aromatic nitrogens is 5. The summed E-state index contributed by atoms with van der Waals surface area (Å²) in [5.74, 6) is -0.600. The Kier molecular flexibility index (Phi) is 7.24. The van der Waals surface area contributed by atoms with E-state index in [1.165, 1.54) is 18.5 Å². The first-order valence-corrected chi connectivity index (χ1v) is 12.6. The van der Waals surface area contributed by atoms with Crippen LogP contribution < -0.4 is 16.4 Å². The monoisotopic (exact) mass is 553 g/mol. The second-order valence-corrected chi connectivity index (χ2v) is 9.29. The Morgan fingerprint density at radius 3 is 2.62 bits per heavy atom. The van der Waals surface area contributed by atoms with Gasteiger partial charge in [0.05, 0.1) is 17.0 Å². The van der Waals surface area contributed by atoms with E-state index in [0.29, 0.717) is 41.9 Å². The summed E-state index contributed by atoms with van der Waals surface area (Å²) in [4.78, 5) is 39.2. The number of pyridine rings is 1. The van der Waals surface area contributed by atoms with Gasteiger partial charge in [0.1, 0.15) is 23.7 Å². The molecule has 1 saturated heterocycles. The van der Waals surface area contributed by atoms with Gasteiger partial charge in [-0.3, -0.25) is 4.79 Å². The molecule has 1 aromatic carbocycles. The van der Waals surface area contributed by atoms with E-state index in [1.54, 1.807) is 21.7 Å². The maximum atomic E-state index is 13.0. The zero-order chi connectivity index (χ0) is 28.4. The number of likely N-dealkylation sites (tertiary alicyclic amines) is 1. The van der Waals surface area contributed by atoms with Crippen LogP contribution in [-0.4, -0.2) is 61.2 Å². The first-order chi connectivity index (χ1) is 19.2. The second kappa shape index (κ2) is 10.8. The number of fused-ring (bicyclic) bond motifs is 1. The normalized spacial score (nSPS) is 15.7. The Morgan fingerprint density at radius 2 is 1.90 bits per heavy atom. The molecule has 3 aromatic heterocycles. The molecule has 14 heteroatoms. The van der Waals surface area contributed by atoms with Crippen LogP contribution in [0.5, 0.6) is 0 Å². The fourth-order valence-electron chi connectivity index (χ4n) is 4.70. The Hall–Kier alpha value is -4.75. The predicted octanol–water partition coefficient (Wildman–Crippen LogP) is 4.11. The topological polar surface area (TPSA) is 144 Å². The van der Waals surface area contributed by atoms with E-state index in [1.807, 2.05) is 6.92 Å². The summed E-state index contributed by atoms with van der Waals surface area (Å²) >= 11 is 0. The first kappa shape index (κ1) is 26.8. The fourth-order valence-corrected chi connectivity index (χ4v) is 4.70. The zero-order valence-electron chi connectivity index (χ0n) is 21.4. The third-order valence-corrected chi connectivity index (χ3v) is 6.63. The Morgan fingerprint density at radius 1 is 1.12 bits per heavy atom. The van der Waals surface area contributed by atoms with Crippen molar-refractivity contribution in [1.82, 2.24) is 34.9 Å². The van der Waals surface area contributed by atoms with Crippen LogP contribution in [0.2, 0.25) is 0 Å². The van der Waals surface area contributed by atoms with Gasteiger partial charge in [0.2, 0.25) is 0 Å². The average Bonchev–Trinajstić information content (AvgIpc) is 3.34. The lowest BCUT2D eigenvalue weighted by atomic mass is 10.1. The van der Waals surface area contributed by atoms with Gasteiger partial charge in [-0.1, -0.05) is 12.1 Å². The van der Waals surface area contributed by atoms with E-state index >= 15 is 0 Å². The fraction of sp³-hybridized carbons (Fsp3) is 0.308. The van der Waals surface area contributed by atoms with Gasteiger partial charge in [0, 0.05) is 37.0 Å². The summed E-state index contributed by atoms with van der Waals surface area (Å²) in [5, 5.41) is 10.6. The van der Waals surface area contributed by atoms with Crippen LogP contribution in [0, 0.1) is 0 Å². The van der Waals surface area contributed by atoms with Gasteiger partial charge >= 0.3 is 12.2 Å². The molecular formula is C26H26F3N9O2. The number of nitrogens with two attached hydrogens (primary N) is 1. The lowest BCUT2D eigenvalue weighted by Gasteiger charge is -2.32. The number of nitrogens with zero attached hydrogens (tertiary/aromatic N) is 6. The molecule has 4 aromatic rings. The highest BCUT2D eigenvalue weighted by atomic mass is 19.4. The summed E-state index contributed by atoms with van der Waals surface area (Å²) in [6.45, 7) is 3.49. The third kappa shape index (κ3) is 5.37. The van der Waals surface area contributed by atoms with Gasteiger partial charge in [-0.05, 0) is 44.0 Å². The van der Waals surface area contributed by atoms with Crippen molar-refractivity contribution in [1.29, 1.82) is 0 Å². The van der Waals surface area contributed by atoms with Crippen molar-refractivity contribution < 1.29 is 22.8 Å². The Bertz CT molecular complexity index is 1550. The van der Waals surface area contributed by atoms with Crippen molar-refractivity contribution in [3.63, 3.8) is 0 Å². The van der Waals surface area contributed by atoms with Gasteiger partial charge in [0.25, 0.3) is 5.91 Å². The molecule has 4 heterocycles. The number of amides is 3. The van der Waals surface area contributed by atoms with Crippen LogP contribution in [0.15, 0.2) is 48.9 Å². The molecule has 1 aliphatic heterocycles. The lowest BCUT2D eigenvalue weighted by molar-refractivity contribution is -0.137. The largest absolute Gasteiger partial charge is 0.416 e. The van der Waals surface area contributed by atoms with Gasteiger partial charge < -0.3 is 21.3 Å². The molecule has 208 valence electrons. The number of anilines is 2. The molecule has 4 N–H and O–H groups in total. The van der Waals surface area contributed by atoms with E-state index in [2.05, 4.69) is 25.6 Å². The molecule has 1 aliphatic rings. The Labute approximate surface area is 226 Å². The molecule has 40 heavy (non-hydrogen) atoms. The van der Waals surface area contributed by atoms with Gasteiger partial charge in [-0.2, -0.15) is 18.3 Å². The number of halogens is 3. The van der Waals surface area contributed by atoms with Crippen LogP contribution in [-0.2, 0) is 6.18 Å². The van der Waals surface area contributed by atoms with Crippen LogP contribution in [0.4, 0.5) is 29.6 Å². The quantitative estimate of drug-likeness (QED) is 0.337. The SMILES string of the molecule is CCNC(=O)N1CCCC(n2nc(-c3ccc(C(=O)Nc4cc(C(F)(F)F)ccn4)cc3)c3c(N)ncnc32)C1. The second-order valence-electron chi connectivity index (χ2n) is 9.29.